The van der Waals surface area contributed by atoms with Gasteiger partial charge in [-0.1, -0.05) is 46.4 Å². The number of aromatic nitrogens is 4. The van der Waals surface area contributed by atoms with Crippen LogP contribution in [0.25, 0.3) is 16.8 Å². The van der Waals surface area contributed by atoms with Crippen LogP contribution in [-0.2, 0) is 10.5 Å². The van der Waals surface area contributed by atoms with Gasteiger partial charge in [0.1, 0.15) is 34.3 Å². The number of carbonyl (C=O) groups is 2. The third-order valence-electron chi connectivity index (χ3n) is 6.73. The lowest BCUT2D eigenvalue weighted by atomic mass is 10.0. The number of alkyl halides is 1. The number of fused-ring (bicyclic) bond motifs is 1. The van der Waals surface area contributed by atoms with Crippen LogP contribution in [0.1, 0.15) is 82.2 Å². The average Bonchev–Trinajstić information content (AvgIpc) is 3.64. The molecular formula is C32H40FN7O2. The van der Waals surface area contributed by atoms with Crippen molar-refractivity contribution in [3.05, 3.63) is 84.6 Å². The molecule has 4 aromatic rings. The molecule has 1 aliphatic heterocycles. The Bertz CT molecular complexity index is 1540. The highest BCUT2D eigenvalue weighted by atomic mass is 19.1. The molecule has 2 amide bonds. The molecule has 3 N–H and O–H groups in total. The number of halogens is 1. The van der Waals surface area contributed by atoms with Gasteiger partial charge in [0.15, 0.2) is 0 Å². The van der Waals surface area contributed by atoms with Crippen molar-refractivity contribution in [2.75, 3.05) is 17.6 Å². The number of nitrogens with one attached hydrogen (secondary N) is 1. The fourth-order valence-electron chi connectivity index (χ4n) is 4.78. The van der Waals surface area contributed by atoms with Gasteiger partial charge in [-0.25, -0.2) is 19.3 Å². The molecule has 42 heavy (non-hydrogen) atoms. The monoisotopic (exact) mass is 573 g/mol. The Hall–Kier alpha value is -4.60. The Morgan fingerprint density at radius 3 is 2.43 bits per heavy atom. The Labute approximate surface area is 246 Å². The first-order valence-electron chi connectivity index (χ1n) is 14.3. The van der Waals surface area contributed by atoms with E-state index in [0.717, 1.165) is 18.4 Å². The molecule has 0 unspecified atom stereocenters. The molecule has 0 saturated carbocycles. The molecule has 1 saturated heterocycles. The summed E-state index contributed by atoms with van der Waals surface area (Å²) in [6.45, 7) is 15.1. The number of nitrogens with two attached hydrogens (primary N) is 1. The van der Waals surface area contributed by atoms with E-state index in [2.05, 4.69) is 21.9 Å². The second kappa shape index (κ2) is 13.8. The highest BCUT2D eigenvalue weighted by molar-refractivity contribution is 6.04. The normalized spacial score (nSPS) is 14.4. The first-order chi connectivity index (χ1) is 20.2. The van der Waals surface area contributed by atoms with Crippen molar-refractivity contribution in [1.82, 2.24) is 24.3 Å². The molecule has 0 aliphatic carbocycles. The Kier molecular flexibility index (Phi) is 10.5. The zero-order valence-electron chi connectivity index (χ0n) is 25.2. The maximum absolute atomic E-state index is 14.3. The summed E-state index contributed by atoms with van der Waals surface area (Å²) in [4.78, 5) is 40.4. The lowest BCUT2D eigenvalue weighted by Gasteiger charge is -2.22. The van der Waals surface area contributed by atoms with Crippen molar-refractivity contribution in [2.45, 2.75) is 66.1 Å². The molecule has 5 rings (SSSR count). The van der Waals surface area contributed by atoms with Gasteiger partial charge in [0.05, 0.1) is 6.04 Å². The maximum Gasteiger partial charge on any atom is 0.256 e. The van der Waals surface area contributed by atoms with Crippen LogP contribution in [0.5, 0.6) is 0 Å². The molecule has 1 fully saturated rings. The summed E-state index contributed by atoms with van der Waals surface area (Å²) in [5, 5.41) is 2.72. The van der Waals surface area contributed by atoms with Crippen LogP contribution in [-0.4, -0.2) is 42.6 Å². The van der Waals surface area contributed by atoms with E-state index in [4.69, 9.17) is 10.7 Å². The summed E-state index contributed by atoms with van der Waals surface area (Å²) >= 11 is 0. The minimum atomic E-state index is -1.55. The number of pyridine rings is 1. The molecule has 1 aromatic carbocycles. The van der Waals surface area contributed by atoms with Crippen LogP contribution < -0.4 is 11.1 Å². The van der Waals surface area contributed by atoms with E-state index in [9.17, 15) is 14.0 Å². The summed E-state index contributed by atoms with van der Waals surface area (Å²) in [5.41, 5.74) is 7.51. The van der Waals surface area contributed by atoms with Gasteiger partial charge in [0.25, 0.3) is 5.91 Å². The molecule has 1 aliphatic rings. The summed E-state index contributed by atoms with van der Waals surface area (Å²) in [7, 11) is 0. The van der Waals surface area contributed by atoms with E-state index in [-0.39, 0.29) is 23.7 Å². The largest absolute Gasteiger partial charge is 0.382 e. The first kappa shape index (κ1) is 31.9. The molecule has 0 spiro atoms. The summed E-state index contributed by atoms with van der Waals surface area (Å²) in [5.74, 6) is 0.753. The highest BCUT2D eigenvalue weighted by Gasteiger charge is 2.33. The van der Waals surface area contributed by atoms with Crippen molar-refractivity contribution in [3.8, 4) is 11.3 Å². The van der Waals surface area contributed by atoms with E-state index in [1.54, 1.807) is 47.6 Å². The zero-order chi connectivity index (χ0) is 31.0. The predicted molar refractivity (Wildman–Crippen MR) is 166 cm³/mol. The van der Waals surface area contributed by atoms with Crippen molar-refractivity contribution in [1.29, 1.82) is 0 Å². The van der Waals surface area contributed by atoms with Gasteiger partial charge in [0, 0.05) is 36.3 Å². The summed E-state index contributed by atoms with van der Waals surface area (Å²) in [6, 6.07) is 9.79. The fourth-order valence-corrected chi connectivity index (χ4v) is 4.78. The summed E-state index contributed by atoms with van der Waals surface area (Å²) in [6.07, 6.45) is 7.80. The van der Waals surface area contributed by atoms with Crippen LogP contribution in [0.2, 0.25) is 0 Å². The average molecular weight is 574 g/mol. The molecular weight excluding hydrogens is 533 g/mol. The molecule has 10 heteroatoms. The number of nitrogens with zero attached hydrogens (tertiary/aromatic N) is 5. The second-order valence-corrected chi connectivity index (χ2v) is 9.68. The van der Waals surface area contributed by atoms with Gasteiger partial charge in [0.2, 0.25) is 5.91 Å². The number of likely N-dealkylation sites (tertiary alicyclic amines) is 1. The minimum absolute atomic E-state index is 0.140. The highest BCUT2D eigenvalue weighted by Crippen LogP contribution is 2.36. The Morgan fingerprint density at radius 1 is 1.10 bits per heavy atom. The van der Waals surface area contributed by atoms with E-state index in [1.807, 2.05) is 32.1 Å². The number of benzene rings is 1. The minimum Gasteiger partial charge on any atom is -0.382 e. The van der Waals surface area contributed by atoms with Crippen LogP contribution in [0.3, 0.4) is 0 Å². The van der Waals surface area contributed by atoms with Gasteiger partial charge in [-0.3, -0.25) is 14.0 Å². The number of imidazole rings is 1. The number of nitrogen functional groups attached to an aromatic ring is 1. The number of hydrogen-bond donors (Lipinski definition) is 2. The van der Waals surface area contributed by atoms with E-state index in [1.165, 1.54) is 32.2 Å². The number of rotatable bonds is 6. The van der Waals surface area contributed by atoms with Crippen molar-refractivity contribution in [2.24, 2.45) is 0 Å². The van der Waals surface area contributed by atoms with Gasteiger partial charge >= 0.3 is 0 Å². The standard InChI is InChI=1S/C28H28FN7O2.2C2H6/c1-4-22(37)35-14-5-6-20(35)26-34-23(24-25(30)32-13-15-36(24)26)17-7-9-18(10-8-17)27(38)33-21-16-19(11-12-31-21)28(2,3)29;2*1-2/h4,7-13,15-16,20H,1,5-6,14H2,2-3H3,(H2,30,32)(H,31,33,38);2*1-2H3/t20-;;/m0../s1. The van der Waals surface area contributed by atoms with Crippen LogP contribution in [0, 0.1) is 0 Å². The Morgan fingerprint density at radius 2 is 1.79 bits per heavy atom. The predicted octanol–water partition coefficient (Wildman–Crippen LogP) is 6.73. The number of amides is 2. The van der Waals surface area contributed by atoms with E-state index < -0.39 is 5.67 Å². The van der Waals surface area contributed by atoms with Gasteiger partial charge in [-0.15, -0.1) is 0 Å². The van der Waals surface area contributed by atoms with Crippen molar-refractivity contribution < 1.29 is 14.0 Å². The van der Waals surface area contributed by atoms with Crippen molar-refractivity contribution >= 4 is 29.0 Å². The first-order valence-corrected chi connectivity index (χ1v) is 14.3. The fraction of sp³-hybridized carbons (Fsp3) is 0.344. The third kappa shape index (κ3) is 6.64. The van der Waals surface area contributed by atoms with Crippen LogP contribution in [0.4, 0.5) is 16.0 Å². The number of carbonyl (C=O) groups excluding carboxylic acids is 2. The third-order valence-corrected chi connectivity index (χ3v) is 6.73. The lowest BCUT2D eigenvalue weighted by molar-refractivity contribution is -0.127. The molecule has 0 radical (unpaired) electrons. The van der Waals surface area contributed by atoms with Gasteiger partial charge < -0.3 is 16.0 Å². The van der Waals surface area contributed by atoms with Crippen LogP contribution in [0.15, 0.2) is 67.6 Å². The summed E-state index contributed by atoms with van der Waals surface area (Å²) < 4.78 is 16.2. The van der Waals surface area contributed by atoms with Gasteiger partial charge in [-0.05, 0) is 62.6 Å². The number of anilines is 2. The van der Waals surface area contributed by atoms with Crippen molar-refractivity contribution in [3.63, 3.8) is 0 Å². The smallest absolute Gasteiger partial charge is 0.256 e. The topological polar surface area (TPSA) is 119 Å². The van der Waals surface area contributed by atoms with Gasteiger partial charge in [-0.2, -0.15) is 0 Å². The zero-order valence-corrected chi connectivity index (χ0v) is 25.2. The molecule has 1 atom stereocenters. The SMILES string of the molecule is C=CC(=O)N1CCC[C@H]1c1nc(-c2ccc(C(=O)Nc3cc(C(C)(C)F)ccn3)cc2)c2c(N)nccn12.CC.CC. The van der Waals surface area contributed by atoms with Crippen LogP contribution >= 0.6 is 0 Å². The molecule has 9 nitrogen and oxygen atoms in total. The molecule has 222 valence electrons. The maximum atomic E-state index is 14.3. The second-order valence-electron chi connectivity index (χ2n) is 9.68. The molecule has 0 bridgehead atoms. The van der Waals surface area contributed by atoms with E-state index in [0.29, 0.717) is 40.5 Å². The Balaban J connectivity index is 0.00000116. The number of hydrogen-bond acceptors (Lipinski definition) is 6. The lowest BCUT2D eigenvalue weighted by Crippen LogP contribution is -2.29. The molecule has 3 aromatic heterocycles. The molecule has 4 heterocycles. The van der Waals surface area contributed by atoms with E-state index >= 15 is 0 Å². The quantitative estimate of drug-likeness (QED) is 0.247.